The maximum atomic E-state index is 9.52. The van der Waals surface area contributed by atoms with Crippen LogP contribution in [0.2, 0.25) is 0 Å². The van der Waals surface area contributed by atoms with Crippen LogP contribution in [0.5, 0.6) is 5.75 Å². The zero-order chi connectivity index (χ0) is 12.5. The number of rotatable bonds is 2. The molecule has 2 aromatic heterocycles. The lowest BCUT2D eigenvalue weighted by molar-refractivity contribution is 0.431. The normalized spacial score (nSPS) is 10.7. The number of hydrogen-bond donors (Lipinski definition) is 2. The van der Waals surface area contributed by atoms with E-state index in [0.717, 1.165) is 5.56 Å². The van der Waals surface area contributed by atoms with Gasteiger partial charge < -0.3 is 19.8 Å². The number of benzene rings is 1. The Hall–Kier alpha value is -2.76. The fourth-order valence-corrected chi connectivity index (χ4v) is 1.53. The Labute approximate surface area is 102 Å². The SMILES string of the molecule is Nc1ccc(-c2nc(-c3ccoc3)no2)cc1O. The lowest BCUT2D eigenvalue weighted by Gasteiger charge is -1.99. The first kappa shape index (κ1) is 10.4. The number of phenols is 1. The predicted molar refractivity (Wildman–Crippen MR) is 63.5 cm³/mol. The maximum Gasteiger partial charge on any atom is 0.258 e. The summed E-state index contributed by atoms with van der Waals surface area (Å²) >= 11 is 0. The molecule has 0 saturated heterocycles. The predicted octanol–water partition coefficient (Wildman–Crippen LogP) is 2.28. The van der Waals surface area contributed by atoms with Gasteiger partial charge >= 0.3 is 0 Å². The minimum atomic E-state index is -0.0180. The zero-order valence-electron chi connectivity index (χ0n) is 9.20. The van der Waals surface area contributed by atoms with Crippen molar-refractivity contribution < 1.29 is 14.0 Å². The number of anilines is 1. The number of nitrogen functional groups attached to an aromatic ring is 1. The molecule has 6 nitrogen and oxygen atoms in total. The molecule has 3 rings (SSSR count). The third kappa shape index (κ3) is 1.69. The quantitative estimate of drug-likeness (QED) is 0.529. The van der Waals surface area contributed by atoms with Gasteiger partial charge in [0.1, 0.15) is 12.0 Å². The molecule has 18 heavy (non-hydrogen) atoms. The summed E-state index contributed by atoms with van der Waals surface area (Å²) in [4.78, 5) is 4.20. The Bertz CT molecular complexity index is 674. The zero-order valence-corrected chi connectivity index (χ0v) is 9.20. The summed E-state index contributed by atoms with van der Waals surface area (Å²) < 4.78 is 10.1. The van der Waals surface area contributed by atoms with Crippen molar-refractivity contribution in [2.45, 2.75) is 0 Å². The molecule has 0 aliphatic rings. The fourth-order valence-electron chi connectivity index (χ4n) is 1.53. The van der Waals surface area contributed by atoms with Gasteiger partial charge in [0, 0.05) is 5.56 Å². The number of hydrogen-bond acceptors (Lipinski definition) is 6. The molecule has 0 bridgehead atoms. The van der Waals surface area contributed by atoms with Gasteiger partial charge in [0.25, 0.3) is 5.89 Å². The molecule has 0 saturated carbocycles. The van der Waals surface area contributed by atoms with Gasteiger partial charge in [-0.05, 0) is 24.3 Å². The van der Waals surface area contributed by atoms with E-state index in [0.29, 0.717) is 23.0 Å². The average molecular weight is 243 g/mol. The minimum Gasteiger partial charge on any atom is -0.506 e. The molecule has 0 atom stereocenters. The van der Waals surface area contributed by atoms with Crippen molar-refractivity contribution in [1.29, 1.82) is 0 Å². The number of aromatic nitrogens is 2. The van der Waals surface area contributed by atoms with Gasteiger partial charge in [0.05, 0.1) is 17.5 Å². The van der Waals surface area contributed by atoms with Gasteiger partial charge in [-0.15, -0.1) is 0 Å². The summed E-state index contributed by atoms with van der Waals surface area (Å²) in [5.41, 5.74) is 7.15. The molecule has 0 radical (unpaired) electrons. The summed E-state index contributed by atoms with van der Waals surface area (Å²) in [7, 11) is 0. The molecular weight excluding hydrogens is 234 g/mol. The highest BCUT2D eigenvalue weighted by Crippen LogP contribution is 2.28. The van der Waals surface area contributed by atoms with Gasteiger partial charge in [0.2, 0.25) is 5.82 Å². The van der Waals surface area contributed by atoms with Crippen LogP contribution in [0.25, 0.3) is 22.8 Å². The second-order valence-electron chi connectivity index (χ2n) is 3.71. The van der Waals surface area contributed by atoms with Crippen molar-refractivity contribution >= 4 is 5.69 Å². The second kappa shape index (κ2) is 3.92. The Kier molecular flexibility index (Phi) is 2.26. The van der Waals surface area contributed by atoms with Crippen LogP contribution in [0.1, 0.15) is 0 Å². The first-order valence-electron chi connectivity index (χ1n) is 5.19. The Morgan fingerprint density at radius 1 is 1.17 bits per heavy atom. The summed E-state index contributed by atoms with van der Waals surface area (Å²) in [6.45, 7) is 0. The smallest absolute Gasteiger partial charge is 0.258 e. The maximum absolute atomic E-state index is 9.52. The second-order valence-corrected chi connectivity index (χ2v) is 3.71. The van der Waals surface area contributed by atoms with Gasteiger partial charge in [-0.3, -0.25) is 0 Å². The highest BCUT2D eigenvalue weighted by atomic mass is 16.5. The van der Waals surface area contributed by atoms with E-state index in [1.54, 1.807) is 18.2 Å². The minimum absolute atomic E-state index is 0.0180. The van der Waals surface area contributed by atoms with Crippen LogP contribution in [0.3, 0.4) is 0 Å². The molecule has 0 aliphatic heterocycles. The van der Waals surface area contributed by atoms with Crippen LogP contribution in [0.4, 0.5) is 5.69 Å². The van der Waals surface area contributed by atoms with Crippen LogP contribution < -0.4 is 5.73 Å². The molecule has 3 N–H and O–H groups in total. The van der Waals surface area contributed by atoms with E-state index < -0.39 is 0 Å². The topological polar surface area (TPSA) is 98.3 Å². The number of phenolic OH excluding ortho intramolecular Hbond substituents is 1. The van der Waals surface area contributed by atoms with Gasteiger partial charge in [-0.2, -0.15) is 4.98 Å². The van der Waals surface area contributed by atoms with E-state index in [-0.39, 0.29) is 5.75 Å². The molecule has 0 unspecified atom stereocenters. The van der Waals surface area contributed by atoms with Gasteiger partial charge in [0.15, 0.2) is 0 Å². The largest absolute Gasteiger partial charge is 0.506 e. The molecule has 6 heteroatoms. The highest BCUT2D eigenvalue weighted by molar-refractivity contribution is 5.65. The summed E-state index contributed by atoms with van der Waals surface area (Å²) in [6.07, 6.45) is 3.05. The average Bonchev–Trinajstić information content (AvgIpc) is 3.01. The number of nitrogens with zero attached hydrogens (tertiary/aromatic N) is 2. The number of aromatic hydroxyl groups is 1. The molecule has 0 aliphatic carbocycles. The summed E-state index contributed by atoms with van der Waals surface area (Å²) in [5.74, 6) is 0.715. The van der Waals surface area contributed by atoms with E-state index in [4.69, 9.17) is 14.7 Å². The van der Waals surface area contributed by atoms with E-state index in [9.17, 15) is 5.11 Å². The number of nitrogens with two attached hydrogens (primary N) is 1. The Balaban J connectivity index is 2.00. The van der Waals surface area contributed by atoms with Crippen molar-refractivity contribution in [3.63, 3.8) is 0 Å². The van der Waals surface area contributed by atoms with Crippen LogP contribution in [-0.4, -0.2) is 15.2 Å². The lowest BCUT2D eigenvalue weighted by Crippen LogP contribution is -1.86. The molecule has 90 valence electrons. The van der Waals surface area contributed by atoms with Crippen molar-refractivity contribution in [3.8, 4) is 28.6 Å². The molecule has 0 amide bonds. The van der Waals surface area contributed by atoms with E-state index >= 15 is 0 Å². The number of furan rings is 1. The van der Waals surface area contributed by atoms with Crippen molar-refractivity contribution in [3.05, 3.63) is 36.8 Å². The van der Waals surface area contributed by atoms with Gasteiger partial charge in [-0.1, -0.05) is 5.16 Å². The van der Waals surface area contributed by atoms with E-state index in [2.05, 4.69) is 10.1 Å². The highest BCUT2D eigenvalue weighted by Gasteiger charge is 2.12. The molecular formula is C12H9N3O3. The van der Waals surface area contributed by atoms with Crippen molar-refractivity contribution in [2.75, 3.05) is 5.73 Å². The summed E-state index contributed by atoms with van der Waals surface area (Å²) in [5, 5.41) is 13.4. The first-order chi connectivity index (χ1) is 8.74. The standard InChI is InChI=1S/C12H9N3O3/c13-9-2-1-7(5-10(9)16)12-14-11(15-18-12)8-3-4-17-6-8/h1-6,16H,13H2. The molecule has 1 aromatic carbocycles. The van der Waals surface area contributed by atoms with E-state index in [1.165, 1.54) is 18.6 Å². The molecule has 2 heterocycles. The van der Waals surface area contributed by atoms with Crippen molar-refractivity contribution in [1.82, 2.24) is 10.1 Å². The Morgan fingerprint density at radius 3 is 2.78 bits per heavy atom. The van der Waals surface area contributed by atoms with Gasteiger partial charge in [-0.25, -0.2) is 0 Å². The summed E-state index contributed by atoms with van der Waals surface area (Å²) in [6, 6.07) is 6.48. The monoisotopic (exact) mass is 243 g/mol. The molecule has 0 spiro atoms. The third-order valence-corrected chi connectivity index (χ3v) is 2.48. The van der Waals surface area contributed by atoms with Crippen LogP contribution >= 0.6 is 0 Å². The van der Waals surface area contributed by atoms with Crippen molar-refractivity contribution in [2.24, 2.45) is 0 Å². The third-order valence-electron chi connectivity index (χ3n) is 2.48. The molecule has 0 fully saturated rings. The first-order valence-corrected chi connectivity index (χ1v) is 5.19. The molecule has 3 aromatic rings. The van der Waals surface area contributed by atoms with Crippen LogP contribution in [0.15, 0.2) is 45.7 Å². The van der Waals surface area contributed by atoms with E-state index in [1.807, 2.05) is 0 Å². The Morgan fingerprint density at radius 2 is 2.06 bits per heavy atom. The lowest BCUT2D eigenvalue weighted by atomic mass is 10.2. The van der Waals surface area contributed by atoms with Crippen LogP contribution in [0, 0.1) is 0 Å². The fraction of sp³-hybridized carbons (Fsp3) is 0. The van der Waals surface area contributed by atoms with Crippen LogP contribution in [-0.2, 0) is 0 Å².